The number of carboxylic acid groups (broad SMARTS) is 1. The molecular formula is C12H17NO6S2. The van der Waals surface area contributed by atoms with E-state index in [4.69, 9.17) is 5.11 Å². The maximum absolute atomic E-state index is 11.9. The molecule has 0 saturated heterocycles. The number of esters is 1. The fourth-order valence-corrected chi connectivity index (χ4v) is 4.11. The predicted molar refractivity (Wildman–Crippen MR) is 79.4 cm³/mol. The molecule has 0 unspecified atom stereocenters. The van der Waals surface area contributed by atoms with E-state index in [0.29, 0.717) is 5.56 Å². The molecule has 0 radical (unpaired) electrons. The Balaban J connectivity index is 2.94. The molecule has 0 aliphatic rings. The van der Waals surface area contributed by atoms with Gasteiger partial charge >= 0.3 is 11.9 Å². The molecule has 1 rings (SSSR count). The minimum Gasteiger partial charge on any atom is -0.481 e. The summed E-state index contributed by atoms with van der Waals surface area (Å²) in [5, 5.41) is 8.72. The predicted octanol–water partition coefficient (Wildman–Crippen LogP) is 1.76. The van der Waals surface area contributed by atoms with Crippen molar-refractivity contribution in [2.45, 2.75) is 26.7 Å². The lowest BCUT2D eigenvalue weighted by atomic mass is 10.2. The summed E-state index contributed by atoms with van der Waals surface area (Å²) >= 11 is 1.14. The average molecular weight is 335 g/mol. The number of aryl methyl sites for hydroxylation is 1. The van der Waals surface area contributed by atoms with E-state index in [0.717, 1.165) is 16.2 Å². The number of methoxy groups -OCH3 is 1. The number of rotatable bonds is 7. The summed E-state index contributed by atoms with van der Waals surface area (Å²) in [6.07, 6.45) is -0.227. The summed E-state index contributed by atoms with van der Waals surface area (Å²) in [6, 6.07) is 0. The lowest BCUT2D eigenvalue weighted by Gasteiger charge is -2.07. The van der Waals surface area contributed by atoms with Crippen molar-refractivity contribution in [2.75, 3.05) is 17.6 Å². The quantitative estimate of drug-likeness (QED) is 0.735. The minimum absolute atomic E-state index is 0.00155. The zero-order valence-electron chi connectivity index (χ0n) is 11.9. The van der Waals surface area contributed by atoms with E-state index in [1.165, 1.54) is 7.11 Å². The smallest absolute Gasteiger partial charge is 0.341 e. The Hall–Kier alpha value is -1.61. The summed E-state index contributed by atoms with van der Waals surface area (Å²) < 4.78 is 30.8. The molecule has 0 fully saturated rings. The molecule has 0 bridgehead atoms. The van der Waals surface area contributed by atoms with Crippen LogP contribution in [0.5, 0.6) is 0 Å². The summed E-state index contributed by atoms with van der Waals surface area (Å²) in [5.74, 6) is -1.99. The van der Waals surface area contributed by atoms with Crippen molar-refractivity contribution in [3.05, 3.63) is 16.0 Å². The maximum Gasteiger partial charge on any atom is 0.341 e. The van der Waals surface area contributed by atoms with Crippen molar-refractivity contribution in [1.82, 2.24) is 0 Å². The molecule has 1 heterocycles. The monoisotopic (exact) mass is 335 g/mol. The first-order valence-corrected chi connectivity index (χ1v) is 8.55. The molecule has 7 nitrogen and oxygen atoms in total. The van der Waals surface area contributed by atoms with Gasteiger partial charge in [-0.3, -0.25) is 9.52 Å². The third kappa shape index (κ3) is 4.71. The second-order valence-electron chi connectivity index (χ2n) is 4.40. The highest BCUT2D eigenvalue weighted by molar-refractivity contribution is 7.92. The molecule has 0 spiro atoms. The van der Waals surface area contributed by atoms with Gasteiger partial charge in [0.2, 0.25) is 10.0 Å². The Bertz CT molecular complexity index is 647. The number of carbonyl (C=O) groups is 2. The van der Waals surface area contributed by atoms with E-state index in [-0.39, 0.29) is 29.2 Å². The van der Waals surface area contributed by atoms with Gasteiger partial charge in [-0.15, -0.1) is 11.3 Å². The third-order valence-electron chi connectivity index (χ3n) is 2.83. The van der Waals surface area contributed by atoms with Crippen LogP contribution in [0.1, 0.15) is 33.6 Å². The molecular weight excluding hydrogens is 318 g/mol. The number of ether oxygens (including phenoxy) is 1. The van der Waals surface area contributed by atoms with Crippen LogP contribution in [0.25, 0.3) is 0 Å². The number of sulfonamides is 1. The summed E-state index contributed by atoms with van der Waals surface area (Å²) in [6.45, 7) is 3.48. The molecule has 0 atom stereocenters. The van der Waals surface area contributed by atoms with Gasteiger partial charge in [0.1, 0.15) is 5.00 Å². The average Bonchev–Trinajstić information content (AvgIpc) is 2.62. The number of thiophene rings is 1. The van der Waals surface area contributed by atoms with Crippen LogP contribution in [0.4, 0.5) is 5.00 Å². The van der Waals surface area contributed by atoms with Crippen molar-refractivity contribution >= 4 is 38.3 Å². The van der Waals surface area contributed by atoms with Crippen LogP contribution in [0, 0.1) is 13.8 Å². The molecule has 118 valence electrons. The van der Waals surface area contributed by atoms with Gasteiger partial charge in [0.25, 0.3) is 0 Å². The molecule has 2 N–H and O–H groups in total. The number of hydrogen-bond donors (Lipinski definition) is 2. The molecule has 0 saturated carbocycles. The molecule has 21 heavy (non-hydrogen) atoms. The number of carboxylic acids is 1. The van der Waals surface area contributed by atoms with Crippen LogP contribution in [0.3, 0.4) is 0 Å². The highest BCUT2D eigenvalue weighted by Gasteiger charge is 2.23. The summed E-state index contributed by atoms with van der Waals surface area (Å²) in [7, 11) is -2.49. The van der Waals surface area contributed by atoms with Gasteiger partial charge in [-0.05, 0) is 25.8 Å². The zero-order chi connectivity index (χ0) is 16.2. The standard InChI is InChI=1S/C12H17NO6S2/c1-7-8(2)20-11(10(7)12(16)19-3)13-21(17,18)6-4-5-9(14)15/h13H,4-6H2,1-3H3,(H,14,15). The van der Waals surface area contributed by atoms with Crippen molar-refractivity contribution < 1.29 is 27.9 Å². The number of aliphatic carboxylic acids is 1. The first kappa shape index (κ1) is 17.4. The topological polar surface area (TPSA) is 110 Å². The molecule has 9 heteroatoms. The van der Waals surface area contributed by atoms with Gasteiger partial charge in [0, 0.05) is 11.3 Å². The van der Waals surface area contributed by atoms with Gasteiger partial charge in [-0.2, -0.15) is 0 Å². The van der Waals surface area contributed by atoms with E-state index < -0.39 is 22.0 Å². The Morgan fingerprint density at radius 2 is 1.95 bits per heavy atom. The Morgan fingerprint density at radius 1 is 1.33 bits per heavy atom. The molecule has 1 aromatic heterocycles. The minimum atomic E-state index is -3.71. The van der Waals surface area contributed by atoms with Crippen molar-refractivity contribution in [3.8, 4) is 0 Å². The molecule has 0 aromatic carbocycles. The van der Waals surface area contributed by atoms with Gasteiger partial charge in [0.05, 0.1) is 18.4 Å². The normalized spacial score (nSPS) is 11.2. The van der Waals surface area contributed by atoms with Crippen LogP contribution in [0.2, 0.25) is 0 Å². The molecule has 0 amide bonds. The lowest BCUT2D eigenvalue weighted by Crippen LogP contribution is -2.18. The number of nitrogens with one attached hydrogen (secondary N) is 1. The van der Waals surface area contributed by atoms with Crippen LogP contribution in [-0.2, 0) is 19.6 Å². The fraction of sp³-hybridized carbons (Fsp3) is 0.500. The SMILES string of the molecule is COC(=O)c1c(NS(=O)(=O)CCCC(=O)O)sc(C)c1C. The first-order chi connectivity index (χ1) is 9.68. The second-order valence-corrected chi connectivity index (χ2v) is 7.46. The number of carbonyl (C=O) groups excluding carboxylic acids is 1. The summed E-state index contributed by atoms with van der Waals surface area (Å²) in [5.41, 5.74) is 0.858. The van der Waals surface area contributed by atoms with Crippen LogP contribution in [-0.4, -0.2) is 38.3 Å². The largest absolute Gasteiger partial charge is 0.481 e. The molecule has 0 aliphatic carbocycles. The number of anilines is 1. The van der Waals surface area contributed by atoms with E-state index in [1.807, 2.05) is 0 Å². The van der Waals surface area contributed by atoms with Crippen molar-refractivity contribution in [1.29, 1.82) is 0 Å². The zero-order valence-corrected chi connectivity index (χ0v) is 13.6. The molecule has 0 aliphatic heterocycles. The van der Waals surface area contributed by atoms with Crippen LogP contribution in [0.15, 0.2) is 0 Å². The number of hydrogen-bond acceptors (Lipinski definition) is 6. The highest BCUT2D eigenvalue weighted by Crippen LogP contribution is 2.33. The lowest BCUT2D eigenvalue weighted by molar-refractivity contribution is -0.137. The van der Waals surface area contributed by atoms with Crippen molar-refractivity contribution in [2.24, 2.45) is 0 Å². The van der Waals surface area contributed by atoms with Gasteiger partial charge in [-0.25, -0.2) is 13.2 Å². The van der Waals surface area contributed by atoms with Crippen molar-refractivity contribution in [3.63, 3.8) is 0 Å². The second kappa shape index (κ2) is 6.90. The highest BCUT2D eigenvalue weighted by atomic mass is 32.2. The Labute approximate surface area is 127 Å². The van der Waals surface area contributed by atoms with Gasteiger partial charge < -0.3 is 9.84 Å². The van der Waals surface area contributed by atoms with Gasteiger partial charge in [-0.1, -0.05) is 0 Å². The van der Waals surface area contributed by atoms with E-state index >= 15 is 0 Å². The summed E-state index contributed by atoms with van der Waals surface area (Å²) in [4.78, 5) is 22.9. The van der Waals surface area contributed by atoms with E-state index in [9.17, 15) is 18.0 Å². The van der Waals surface area contributed by atoms with Crippen LogP contribution < -0.4 is 4.72 Å². The Kier molecular flexibility index (Phi) is 5.73. The Morgan fingerprint density at radius 3 is 2.48 bits per heavy atom. The first-order valence-electron chi connectivity index (χ1n) is 6.08. The maximum atomic E-state index is 11.9. The molecule has 1 aromatic rings. The van der Waals surface area contributed by atoms with Gasteiger partial charge in [0.15, 0.2) is 0 Å². The fourth-order valence-electron chi connectivity index (χ4n) is 1.65. The van der Waals surface area contributed by atoms with E-state index in [1.54, 1.807) is 13.8 Å². The van der Waals surface area contributed by atoms with Crippen LogP contribution >= 0.6 is 11.3 Å². The third-order valence-corrected chi connectivity index (χ3v) is 5.42. The van der Waals surface area contributed by atoms with E-state index in [2.05, 4.69) is 9.46 Å².